The molecule has 2 rings (SSSR count). The largest absolute Gasteiger partial charge is 0.545 e. The van der Waals surface area contributed by atoms with Crippen molar-refractivity contribution in [3.63, 3.8) is 0 Å². The molecule has 7 heteroatoms. The van der Waals surface area contributed by atoms with Gasteiger partial charge in [0.05, 0.1) is 12.4 Å². The third kappa shape index (κ3) is 3.81. The Morgan fingerprint density at radius 1 is 1.40 bits per heavy atom. The number of rotatable bonds is 4. The zero-order chi connectivity index (χ0) is 14.7. The Balaban J connectivity index is 1.97. The Morgan fingerprint density at radius 2 is 2.15 bits per heavy atom. The lowest BCUT2D eigenvalue weighted by Gasteiger charge is -2.12. The van der Waals surface area contributed by atoms with E-state index in [0.29, 0.717) is 27.8 Å². The maximum atomic E-state index is 12.0. The number of carbonyl (C=O) groups excluding carboxylic acids is 2. The van der Waals surface area contributed by atoms with Crippen LogP contribution in [0.2, 0.25) is 10.0 Å². The van der Waals surface area contributed by atoms with E-state index in [1.54, 1.807) is 18.2 Å². The molecule has 0 saturated carbocycles. The summed E-state index contributed by atoms with van der Waals surface area (Å²) in [7, 11) is 0. The summed E-state index contributed by atoms with van der Waals surface area (Å²) in [5.41, 5.74) is 0.668. The third-order valence-corrected chi connectivity index (χ3v) is 5.97. The molecule has 4 nitrogen and oxygen atoms in total. The summed E-state index contributed by atoms with van der Waals surface area (Å²) < 4.78 is 2.78. The first-order valence-electron chi connectivity index (χ1n) is 6.11. The Kier molecular flexibility index (Phi) is 5.18. The molecule has 1 saturated heterocycles. The molecule has 0 spiro atoms. The lowest BCUT2D eigenvalue weighted by molar-refractivity contribution is -0.304. The minimum atomic E-state index is -1.09. The average Bonchev–Trinajstić information content (AvgIpc) is 2.81. The number of nitrogens with one attached hydrogen (secondary N) is 1. The second-order valence-electron chi connectivity index (χ2n) is 4.52. The summed E-state index contributed by atoms with van der Waals surface area (Å²) >= 11 is 11.2. The second kappa shape index (κ2) is 6.70. The van der Waals surface area contributed by atoms with Crippen molar-refractivity contribution in [2.24, 2.45) is 0 Å². The SMILES string of the molecule is O=C(Cc1ccc(Cl)cc1Cl)N[S+]1CCCC1C(=O)[O-]. The van der Waals surface area contributed by atoms with Crippen molar-refractivity contribution < 1.29 is 14.7 Å². The predicted molar refractivity (Wildman–Crippen MR) is 78.6 cm³/mol. The van der Waals surface area contributed by atoms with Gasteiger partial charge in [0.1, 0.15) is 16.8 Å². The number of amides is 1. The van der Waals surface area contributed by atoms with E-state index in [9.17, 15) is 14.7 Å². The minimum absolute atomic E-state index is 0.110. The van der Waals surface area contributed by atoms with Crippen molar-refractivity contribution in [2.75, 3.05) is 5.75 Å². The number of benzene rings is 1. The van der Waals surface area contributed by atoms with Gasteiger partial charge >= 0.3 is 0 Å². The van der Waals surface area contributed by atoms with Crippen molar-refractivity contribution in [3.05, 3.63) is 33.8 Å². The molecule has 20 heavy (non-hydrogen) atoms. The van der Waals surface area contributed by atoms with Gasteiger partial charge in [-0.2, -0.15) is 4.72 Å². The van der Waals surface area contributed by atoms with E-state index in [1.807, 2.05) is 0 Å². The zero-order valence-corrected chi connectivity index (χ0v) is 12.9. The zero-order valence-electron chi connectivity index (χ0n) is 10.5. The number of carbonyl (C=O) groups is 2. The Labute approximate surface area is 129 Å². The van der Waals surface area contributed by atoms with E-state index in [-0.39, 0.29) is 12.3 Å². The minimum Gasteiger partial charge on any atom is -0.545 e. The summed E-state index contributed by atoms with van der Waals surface area (Å²) in [5.74, 6) is -0.625. The molecular weight excluding hydrogens is 321 g/mol. The van der Waals surface area contributed by atoms with Crippen LogP contribution in [0, 0.1) is 0 Å². The van der Waals surface area contributed by atoms with Gasteiger partial charge in [-0.15, -0.1) is 0 Å². The van der Waals surface area contributed by atoms with Gasteiger partial charge in [-0.1, -0.05) is 29.3 Å². The van der Waals surface area contributed by atoms with E-state index in [2.05, 4.69) is 4.72 Å². The fraction of sp³-hybridized carbons (Fsp3) is 0.385. The summed E-state index contributed by atoms with van der Waals surface area (Å²) in [4.78, 5) is 22.9. The highest BCUT2D eigenvalue weighted by molar-refractivity contribution is 7.97. The molecule has 1 aromatic carbocycles. The molecule has 2 atom stereocenters. The molecule has 108 valence electrons. The fourth-order valence-electron chi connectivity index (χ4n) is 2.09. The maximum Gasteiger partial charge on any atom is 0.265 e. The topological polar surface area (TPSA) is 69.2 Å². The van der Waals surface area contributed by atoms with E-state index in [0.717, 1.165) is 6.42 Å². The number of carboxylic acids is 1. The van der Waals surface area contributed by atoms with Gasteiger partial charge in [-0.05, 0) is 24.1 Å². The molecule has 1 fully saturated rings. The molecule has 0 aliphatic carbocycles. The van der Waals surface area contributed by atoms with Gasteiger partial charge < -0.3 is 9.90 Å². The first kappa shape index (κ1) is 15.5. The summed E-state index contributed by atoms with van der Waals surface area (Å²) in [5, 5.41) is 11.3. The summed E-state index contributed by atoms with van der Waals surface area (Å²) in [6.07, 6.45) is 1.47. The van der Waals surface area contributed by atoms with Crippen molar-refractivity contribution in [2.45, 2.75) is 24.5 Å². The predicted octanol–water partition coefficient (Wildman–Crippen LogP) is 1.10. The smallest absolute Gasteiger partial charge is 0.265 e. The standard InChI is InChI=1S/C13H13Cl2NO3S/c14-9-4-3-8(10(15)7-9)6-12(17)16-20-5-1-2-11(20)13(18)19/h3-4,7,11H,1-2,5-6H2,(H-,16,17,18,19). The number of aliphatic carboxylic acids is 1. The third-order valence-electron chi connectivity index (χ3n) is 3.05. The average molecular weight is 334 g/mol. The van der Waals surface area contributed by atoms with Gasteiger partial charge in [0.25, 0.3) is 5.91 Å². The van der Waals surface area contributed by atoms with Gasteiger partial charge in [0.15, 0.2) is 5.25 Å². The number of hydrogen-bond acceptors (Lipinski definition) is 3. The second-order valence-corrected chi connectivity index (χ2v) is 7.40. The van der Waals surface area contributed by atoms with Crippen LogP contribution >= 0.6 is 23.2 Å². The van der Waals surface area contributed by atoms with Crippen LogP contribution in [0.4, 0.5) is 0 Å². The summed E-state index contributed by atoms with van der Waals surface area (Å²) in [6, 6.07) is 4.93. The van der Waals surface area contributed by atoms with E-state index < -0.39 is 22.3 Å². The van der Waals surface area contributed by atoms with E-state index in [1.165, 1.54) is 0 Å². The van der Waals surface area contributed by atoms with E-state index in [4.69, 9.17) is 23.2 Å². The van der Waals surface area contributed by atoms with Crippen molar-refractivity contribution in [1.29, 1.82) is 0 Å². The lowest BCUT2D eigenvalue weighted by atomic mass is 10.1. The lowest BCUT2D eigenvalue weighted by Crippen LogP contribution is -2.46. The van der Waals surface area contributed by atoms with E-state index >= 15 is 0 Å². The highest BCUT2D eigenvalue weighted by Gasteiger charge is 2.39. The van der Waals surface area contributed by atoms with Gasteiger partial charge in [0.2, 0.25) is 0 Å². The first-order valence-corrected chi connectivity index (χ1v) is 8.32. The van der Waals surface area contributed by atoms with Crippen LogP contribution in [0.15, 0.2) is 18.2 Å². The highest BCUT2D eigenvalue weighted by atomic mass is 35.5. The van der Waals surface area contributed by atoms with Crippen LogP contribution in [0.1, 0.15) is 18.4 Å². The number of carboxylic acid groups (broad SMARTS) is 1. The summed E-state index contributed by atoms with van der Waals surface area (Å²) in [6.45, 7) is 0. The molecule has 0 aromatic heterocycles. The molecule has 1 amide bonds. The molecule has 1 aliphatic heterocycles. The van der Waals surface area contributed by atoms with Crippen LogP contribution in [0.25, 0.3) is 0 Å². The normalized spacial score (nSPS) is 21.7. The molecule has 0 radical (unpaired) electrons. The maximum absolute atomic E-state index is 12.0. The first-order chi connectivity index (χ1) is 9.47. The van der Waals surface area contributed by atoms with Crippen LogP contribution in [-0.4, -0.2) is 22.9 Å². The van der Waals surface area contributed by atoms with Crippen molar-refractivity contribution in [3.8, 4) is 0 Å². The quantitative estimate of drug-likeness (QED) is 0.839. The van der Waals surface area contributed by atoms with Gasteiger partial charge in [-0.3, -0.25) is 4.79 Å². The molecule has 1 N–H and O–H groups in total. The fourth-order valence-corrected chi connectivity index (χ4v) is 4.62. The number of halogens is 2. The molecule has 1 aromatic rings. The molecular formula is C13H13Cl2NO3S. The highest BCUT2D eigenvalue weighted by Crippen LogP contribution is 2.23. The van der Waals surface area contributed by atoms with Crippen LogP contribution in [0.3, 0.4) is 0 Å². The molecule has 2 unspecified atom stereocenters. The Morgan fingerprint density at radius 3 is 2.80 bits per heavy atom. The van der Waals surface area contributed by atoms with Crippen LogP contribution in [0.5, 0.6) is 0 Å². The Hall–Kier alpha value is -0.910. The van der Waals surface area contributed by atoms with Gasteiger partial charge in [0, 0.05) is 16.5 Å². The molecule has 1 heterocycles. The monoisotopic (exact) mass is 333 g/mol. The van der Waals surface area contributed by atoms with Crippen LogP contribution in [-0.2, 0) is 27.1 Å². The van der Waals surface area contributed by atoms with Crippen molar-refractivity contribution >= 4 is 46.2 Å². The molecule has 0 bridgehead atoms. The van der Waals surface area contributed by atoms with Crippen molar-refractivity contribution in [1.82, 2.24) is 4.72 Å². The molecule has 1 aliphatic rings. The van der Waals surface area contributed by atoms with Crippen LogP contribution < -0.4 is 9.83 Å². The Bertz CT molecular complexity index is 538. The number of hydrogen-bond donors (Lipinski definition) is 1. The van der Waals surface area contributed by atoms with Gasteiger partial charge in [-0.25, -0.2) is 0 Å².